The Balaban J connectivity index is 4.30. The van der Waals surface area contributed by atoms with Gasteiger partial charge in [0.15, 0.2) is 6.10 Å². The van der Waals surface area contributed by atoms with E-state index in [1.54, 1.807) is 0 Å². The van der Waals surface area contributed by atoms with Crippen molar-refractivity contribution in [1.29, 1.82) is 0 Å². The average Bonchev–Trinajstić information content (AvgIpc) is 3.31. The van der Waals surface area contributed by atoms with Crippen LogP contribution in [0.4, 0.5) is 0 Å². The summed E-state index contributed by atoms with van der Waals surface area (Å²) in [7, 11) is 0. The smallest absolute Gasteiger partial charge is 0.306 e. The first-order valence-electron chi connectivity index (χ1n) is 30.6. The molecule has 68 heavy (non-hydrogen) atoms. The Bertz CT molecular complexity index is 1060. The minimum Gasteiger partial charge on any atom is -0.462 e. The van der Waals surface area contributed by atoms with Gasteiger partial charge in [-0.05, 0) is 37.0 Å². The molecule has 0 amide bonds. The van der Waals surface area contributed by atoms with E-state index >= 15 is 0 Å². The van der Waals surface area contributed by atoms with E-state index in [4.69, 9.17) is 14.2 Å². The zero-order valence-electron chi connectivity index (χ0n) is 46.9. The van der Waals surface area contributed by atoms with E-state index < -0.39 is 6.10 Å². The molecule has 0 aliphatic rings. The van der Waals surface area contributed by atoms with Crippen molar-refractivity contribution >= 4 is 17.9 Å². The molecule has 0 bridgehead atoms. The summed E-state index contributed by atoms with van der Waals surface area (Å²) in [5.41, 5.74) is 0. The average molecular weight is 962 g/mol. The number of unbranched alkanes of at least 4 members (excludes halogenated alkanes) is 37. The zero-order chi connectivity index (χ0) is 49.8. The van der Waals surface area contributed by atoms with Gasteiger partial charge in [-0.3, -0.25) is 14.4 Å². The van der Waals surface area contributed by atoms with E-state index in [0.717, 1.165) is 75.5 Å². The van der Waals surface area contributed by atoms with Crippen molar-refractivity contribution in [3.8, 4) is 0 Å². The van der Waals surface area contributed by atoms with Gasteiger partial charge < -0.3 is 14.2 Å². The molecule has 6 heteroatoms. The molecule has 0 aromatic rings. The lowest BCUT2D eigenvalue weighted by atomic mass is 9.99. The topological polar surface area (TPSA) is 78.9 Å². The van der Waals surface area contributed by atoms with Crippen LogP contribution in [0.25, 0.3) is 0 Å². The molecule has 0 spiro atoms. The van der Waals surface area contributed by atoms with Crippen LogP contribution in [-0.4, -0.2) is 37.2 Å². The molecule has 0 aromatic carbocycles. The Kier molecular flexibility index (Phi) is 52.0. The molecule has 0 rings (SSSR count). The van der Waals surface area contributed by atoms with Crippen molar-refractivity contribution < 1.29 is 28.6 Å². The van der Waals surface area contributed by atoms with Crippen molar-refractivity contribution in [3.63, 3.8) is 0 Å². The second kappa shape index (κ2) is 53.2. The molecule has 0 N–H and O–H groups in total. The minimum atomic E-state index is -0.764. The lowest BCUT2D eigenvalue weighted by Gasteiger charge is -2.18. The van der Waals surface area contributed by atoms with Gasteiger partial charge in [0.2, 0.25) is 0 Å². The summed E-state index contributed by atoms with van der Waals surface area (Å²) in [5, 5.41) is 0. The quantitative estimate of drug-likeness (QED) is 0.0343. The molecule has 0 aromatic heterocycles. The van der Waals surface area contributed by atoms with Gasteiger partial charge in [-0.1, -0.05) is 305 Å². The van der Waals surface area contributed by atoms with Gasteiger partial charge in [0.05, 0.1) is 0 Å². The lowest BCUT2D eigenvalue weighted by molar-refractivity contribution is -0.167. The monoisotopic (exact) mass is 961 g/mol. The van der Waals surface area contributed by atoms with E-state index in [1.807, 2.05) is 0 Å². The van der Waals surface area contributed by atoms with Gasteiger partial charge in [0.25, 0.3) is 0 Å². The molecule has 0 fully saturated rings. The number of rotatable bonds is 55. The van der Waals surface area contributed by atoms with E-state index in [0.29, 0.717) is 19.3 Å². The Morgan fingerprint density at radius 3 is 0.765 bits per heavy atom. The molecular formula is C62H120O6. The molecule has 6 nitrogen and oxygen atoms in total. The molecule has 0 heterocycles. The molecule has 2 atom stereocenters. The molecule has 404 valence electrons. The predicted octanol–water partition coefficient (Wildman–Crippen LogP) is 20.3. The van der Waals surface area contributed by atoms with Gasteiger partial charge in [-0.15, -0.1) is 0 Å². The van der Waals surface area contributed by atoms with Gasteiger partial charge in [0, 0.05) is 19.3 Å². The van der Waals surface area contributed by atoms with Crippen molar-refractivity contribution in [3.05, 3.63) is 0 Å². The number of carbonyl (C=O) groups is 3. The van der Waals surface area contributed by atoms with Crippen LogP contribution in [0, 0.1) is 17.8 Å². The van der Waals surface area contributed by atoms with E-state index in [2.05, 4.69) is 41.5 Å². The first-order valence-corrected chi connectivity index (χ1v) is 30.6. The minimum absolute atomic E-state index is 0.0630. The number of hydrogen-bond acceptors (Lipinski definition) is 6. The highest BCUT2D eigenvalue weighted by Crippen LogP contribution is 2.19. The van der Waals surface area contributed by atoms with Crippen LogP contribution in [0.3, 0.4) is 0 Å². The highest BCUT2D eigenvalue weighted by Gasteiger charge is 2.19. The molecule has 0 radical (unpaired) electrons. The fourth-order valence-corrected chi connectivity index (χ4v) is 9.50. The third kappa shape index (κ3) is 53.8. The van der Waals surface area contributed by atoms with Crippen molar-refractivity contribution in [1.82, 2.24) is 0 Å². The van der Waals surface area contributed by atoms with Crippen molar-refractivity contribution in [2.24, 2.45) is 17.8 Å². The highest BCUT2D eigenvalue weighted by molar-refractivity contribution is 5.71. The summed E-state index contributed by atoms with van der Waals surface area (Å²) in [5.74, 6) is 1.73. The maximum atomic E-state index is 12.9. The Morgan fingerprint density at radius 2 is 0.515 bits per heavy atom. The van der Waals surface area contributed by atoms with Gasteiger partial charge in [0.1, 0.15) is 13.2 Å². The van der Waals surface area contributed by atoms with Crippen LogP contribution < -0.4 is 0 Å². The third-order valence-corrected chi connectivity index (χ3v) is 14.5. The number of carbonyl (C=O) groups excluding carboxylic acids is 3. The second-order valence-corrected chi connectivity index (χ2v) is 22.5. The third-order valence-electron chi connectivity index (χ3n) is 14.5. The van der Waals surface area contributed by atoms with Crippen LogP contribution in [0.15, 0.2) is 0 Å². The van der Waals surface area contributed by atoms with Crippen LogP contribution in [0.2, 0.25) is 0 Å². The highest BCUT2D eigenvalue weighted by atomic mass is 16.6. The fraction of sp³-hybridized carbons (Fsp3) is 0.952. The van der Waals surface area contributed by atoms with Crippen LogP contribution >= 0.6 is 0 Å². The maximum absolute atomic E-state index is 12.9. The van der Waals surface area contributed by atoms with Crippen LogP contribution in [0.5, 0.6) is 0 Å². The first kappa shape index (κ1) is 66.4. The fourth-order valence-electron chi connectivity index (χ4n) is 9.50. The number of ether oxygens (including phenoxy) is 3. The van der Waals surface area contributed by atoms with E-state index in [-0.39, 0.29) is 31.1 Å². The Morgan fingerprint density at radius 1 is 0.294 bits per heavy atom. The summed E-state index contributed by atoms with van der Waals surface area (Å²) in [6.07, 6.45) is 56.6. The molecule has 0 saturated heterocycles. The van der Waals surface area contributed by atoms with Crippen LogP contribution in [0.1, 0.15) is 343 Å². The molecular weight excluding hydrogens is 841 g/mol. The summed E-state index contributed by atoms with van der Waals surface area (Å²) >= 11 is 0. The zero-order valence-corrected chi connectivity index (χ0v) is 46.9. The van der Waals surface area contributed by atoms with E-state index in [1.165, 1.54) is 225 Å². The number of esters is 3. The maximum Gasteiger partial charge on any atom is 0.306 e. The molecule has 0 aliphatic carbocycles. The predicted molar refractivity (Wildman–Crippen MR) is 293 cm³/mol. The van der Waals surface area contributed by atoms with Gasteiger partial charge in [-0.25, -0.2) is 0 Å². The Labute approximate surface area is 425 Å². The standard InChI is InChI=1S/C62H120O6/c1-7-58(6)50-44-38-32-26-20-14-11-12-16-22-29-35-41-47-53-62(65)68-59(55-67-61(64)52-46-40-34-28-23-17-19-25-31-37-43-49-57(4)5)54-66-60(63)51-45-39-33-27-21-15-10-8-9-13-18-24-30-36-42-48-56(2)3/h56-59H,7-55H2,1-6H3/t58?,59-/m0/s1. The molecule has 1 unspecified atom stereocenters. The van der Waals surface area contributed by atoms with Crippen molar-refractivity contribution in [2.45, 2.75) is 349 Å². The summed E-state index contributed by atoms with van der Waals surface area (Å²) in [6, 6.07) is 0. The normalized spacial score (nSPS) is 12.5. The van der Waals surface area contributed by atoms with Gasteiger partial charge in [-0.2, -0.15) is 0 Å². The summed E-state index contributed by atoms with van der Waals surface area (Å²) < 4.78 is 16.9. The number of hydrogen-bond donors (Lipinski definition) is 0. The second-order valence-electron chi connectivity index (χ2n) is 22.5. The van der Waals surface area contributed by atoms with Crippen molar-refractivity contribution in [2.75, 3.05) is 13.2 Å². The summed E-state index contributed by atoms with van der Waals surface area (Å²) in [4.78, 5) is 38.2. The molecule has 0 saturated carbocycles. The van der Waals surface area contributed by atoms with E-state index in [9.17, 15) is 14.4 Å². The largest absolute Gasteiger partial charge is 0.462 e. The molecule has 0 aliphatic heterocycles. The SMILES string of the molecule is CCC(C)CCCCCCCCCCCCCCCCC(=O)O[C@@H](COC(=O)CCCCCCCCCCCCCCCCCC(C)C)COC(=O)CCCCCCCCCCCCCC(C)C. The summed E-state index contributed by atoms with van der Waals surface area (Å²) in [6.45, 7) is 13.8. The van der Waals surface area contributed by atoms with Gasteiger partial charge >= 0.3 is 17.9 Å². The Hall–Kier alpha value is -1.59. The first-order chi connectivity index (χ1) is 33.1. The lowest BCUT2D eigenvalue weighted by Crippen LogP contribution is -2.30. The van der Waals surface area contributed by atoms with Crippen LogP contribution in [-0.2, 0) is 28.6 Å².